The molecule has 1 aromatic heterocycles. The zero-order chi connectivity index (χ0) is 17.4. The third-order valence-corrected chi connectivity index (χ3v) is 3.07. The number of para-hydroxylation sites is 1. The Balaban J connectivity index is 2.07. The van der Waals surface area contributed by atoms with Crippen molar-refractivity contribution in [3.63, 3.8) is 0 Å². The molecule has 2 N–H and O–H groups in total. The van der Waals surface area contributed by atoms with Crippen LogP contribution in [-0.4, -0.2) is 19.0 Å². The number of anilines is 1. The highest BCUT2D eigenvalue weighted by Gasteiger charge is 2.12. The van der Waals surface area contributed by atoms with Gasteiger partial charge in [-0.05, 0) is 24.3 Å². The monoisotopic (exact) mass is 325 g/mol. The van der Waals surface area contributed by atoms with Crippen LogP contribution in [0.25, 0.3) is 0 Å². The molecule has 0 atom stereocenters. The van der Waals surface area contributed by atoms with Gasteiger partial charge in [0.1, 0.15) is 17.4 Å². The average molecular weight is 325 g/mol. The maximum absolute atomic E-state index is 12.0. The van der Waals surface area contributed by atoms with E-state index in [0.717, 1.165) is 0 Å². The van der Waals surface area contributed by atoms with E-state index in [1.165, 1.54) is 19.6 Å². The number of furan rings is 1. The molecular weight excluding hydrogens is 310 g/mol. The molecule has 2 aromatic rings. The van der Waals surface area contributed by atoms with Gasteiger partial charge in [-0.15, -0.1) is 0 Å². The summed E-state index contributed by atoms with van der Waals surface area (Å²) in [5.41, 5.74) is 0.585. The highest BCUT2D eigenvalue weighted by molar-refractivity contribution is 5.98. The second kappa shape index (κ2) is 8.19. The first kappa shape index (κ1) is 16.8. The Hall–Kier alpha value is -3.53. The van der Waals surface area contributed by atoms with Gasteiger partial charge in [0.25, 0.3) is 5.91 Å². The van der Waals surface area contributed by atoms with Crippen LogP contribution >= 0.6 is 0 Å². The van der Waals surface area contributed by atoms with Gasteiger partial charge < -0.3 is 19.8 Å². The molecule has 0 saturated heterocycles. The minimum atomic E-state index is -0.558. The maximum Gasteiger partial charge on any atom is 0.339 e. The number of esters is 1. The first-order chi connectivity index (χ1) is 11.7. The molecule has 122 valence electrons. The Morgan fingerprint density at radius 1 is 1.29 bits per heavy atom. The lowest BCUT2D eigenvalue weighted by atomic mass is 10.2. The molecular formula is C17H15N3O4. The van der Waals surface area contributed by atoms with Crippen LogP contribution in [0.15, 0.2) is 58.9 Å². The van der Waals surface area contributed by atoms with Crippen LogP contribution in [0.3, 0.4) is 0 Å². The Labute approximate surface area is 138 Å². The summed E-state index contributed by atoms with van der Waals surface area (Å²) in [5, 5.41) is 14.5. The van der Waals surface area contributed by atoms with Crippen molar-refractivity contribution in [1.29, 1.82) is 5.26 Å². The molecule has 7 heteroatoms. The summed E-state index contributed by atoms with van der Waals surface area (Å²) >= 11 is 0. The van der Waals surface area contributed by atoms with Crippen molar-refractivity contribution in [3.8, 4) is 6.07 Å². The summed E-state index contributed by atoms with van der Waals surface area (Å²) in [7, 11) is 1.28. The number of rotatable bonds is 6. The van der Waals surface area contributed by atoms with Crippen LogP contribution in [0.2, 0.25) is 0 Å². The molecule has 1 amide bonds. The number of benzene rings is 1. The van der Waals surface area contributed by atoms with E-state index in [2.05, 4.69) is 15.4 Å². The average Bonchev–Trinajstić information content (AvgIpc) is 3.13. The van der Waals surface area contributed by atoms with Crippen LogP contribution in [0.4, 0.5) is 5.69 Å². The Kier molecular flexibility index (Phi) is 5.75. The van der Waals surface area contributed by atoms with Gasteiger partial charge in [-0.25, -0.2) is 4.79 Å². The molecule has 7 nitrogen and oxygen atoms in total. The van der Waals surface area contributed by atoms with Gasteiger partial charge in [0.05, 0.1) is 31.2 Å². The summed E-state index contributed by atoms with van der Waals surface area (Å²) in [6, 6.07) is 11.8. The van der Waals surface area contributed by atoms with Crippen molar-refractivity contribution < 1.29 is 18.7 Å². The van der Waals surface area contributed by atoms with Crippen molar-refractivity contribution in [3.05, 3.63) is 65.8 Å². The van der Waals surface area contributed by atoms with E-state index < -0.39 is 11.9 Å². The molecule has 2 rings (SSSR count). The summed E-state index contributed by atoms with van der Waals surface area (Å²) in [5.74, 6) is -0.506. The van der Waals surface area contributed by atoms with Gasteiger partial charge >= 0.3 is 5.97 Å². The highest BCUT2D eigenvalue weighted by atomic mass is 16.5. The Morgan fingerprint density at radius 2 is 2.08 bits per heavy atom. The molecule has 1 heterocycles. The van der Waals surface area contributed by atoms with Crippen LogP contribution < -0.4 is 10.6 Å². The SMILES string of the molecule is COC(=O)c1ccccc1N/C=C(\C#N)C(=O)NCc1ccco1. The lowest BCUT2D eigenvalue weighted by molar-refractivity contribution is -0.117. The third-order valence-electron chi connectivity index (χ3n) is 3.07. The van der Waals surface area contributed by atoms with Gasteiger partial charge in [0.2, 0.25) is 0 Å². The van der Waals surface area contributed by atoms with Crippen molar-refractivity contribution >= 4 is 17.6 Å². The van der Waals surface area contributed by atoms with Gasteiger partial charge in [-0.1, -0.05) is 12.1 Å². The minimum absolute atomic E-state index is 0.138. The summed E-state index contributed by atoms with van der Waals surface area (Å²) in [6.45, 7) is 0.170. The van der Waals surface area contributed by atoms with Crippen LogP contribution in [0, 0.1) is 11.3 Å². The molecule has 24 heavy (non-hydrogen) atoms. The van der Waals surface area contributed by atoms with E-state index in [9.17, 15) is 9.59 Å². The fourth-order valence-electron chi connectivity index (χ4n) is 1.87. The van der Waals surface area contributed by atoms with Gasteiger partial charge in [0, 0.05) is 6.20 Å². The van der Waals surface area contributed by atoms with E-state index in [4.69, 9.17) is 9.68 Å². The van der Waals surface area contributed by atoms with Crippen molar-refractivity contribution in [2.24, 2.45) is 0 Å². The fraction of sp³-hybridized carbons (Fsp3) is 0.118. The summed E-state index contributed by atoms with van der Waals surface area (Å²) < 4.78 is 9.78. The molecule has 0 saturated carbocycles. The molecule has 1 aromatic carbocycles. The number of hydrogen-bond acceptors (Lipinski definition) is 6. The predicted octanol–water partition coefficient (Wildman–Crippen LogP) is 2.20. The second-order valence-corrected chi connectivity index (χ2v) is 4.61. The molecule has 0 aliphatic rings. The van der Waals surface area contributed by atoms with Crippen molar-refractivity contribution in [2.75, 3.05) is 12.4 Å². The lowest BCUT2D eigenvalue weighted by Gasteiger charge is -2.08. The molecule has 0 aliphatic carbocycles. The Morgan fingerprint density at radius 3 is 2.75 bits per heavy atom. The third kappa shape index (κ3) is 4.24. The standard InChI is InChI=1S/C17H15N3O4/c1-23-17(22)14-6-2-3-7-15(14)19-10-12(9-18)16(21)20-11-13-5-4-8-24-13/h2-8,10,19H,11H2,1H3,(H,20,21)/b12-10+. The van der Waals surface area contributed by atoms with Crippen LogP contribution in [0.1, 0.15) is 16.1 Å². The Bertz CT molecular complexity index is 788. The number of carbonyl (C=O) groups excluding carboxylic acids is 2. The first-order valence-corrected chi connectivity index (χ1v) is 7.00. The zero-order valence-corrected chi connectivity index (χ0v) is 12.9. The summed E-state index contributed by atoms with van der Waals surface area (Å²) in [6.07, 6.45) is 2.73. The van der Waals surface area contributed by atoms with Crippen LogP contribution in [0.5, 0.6) is 0 Å². The van der Waals surface area contributed by atoms with Gasteiger partial charge in [0.15, 0.2) is 0 Å². The summed E-state index contributed by atoms with van der Waals surface area (Å²) in [4.78, 5) is 23.7. The van der Waals surface area contributed by atoms with E-state index in [0.29, 0.717) is 17.0 Å². The van der Waals surface area contributed by atoms with Crippen molar-refractivity contribution in [2.45, 2.75) is 6.54 Å². The predicted molar refractivity (Wildman–Crippen MR) is 85.7 cm³/mol. The van der Waals surface area contributed by atoms with Gasteiger partial charge in [-0.2, -0.15) is 5.26 Å². The zero-order valence-electron chi connectivity index (χ0n) is 12.9. The number of nitriles is 1. The maximum atomic E-state index is 12.0. The second-order valence-electron chi connectivity index (χ2n) is 4.61. The smallest absolute Gasteiger partial charge is 0.339 e. The number of nitrogens with zero attached hydrogens (tertiary/aromatic N) is 1. The van der Waals surface area contributed by atoms with E-state index >= 15 is 0 Å². The number of amides is 1. The molecule has 0 radical (unpaired) electrons. The highest BCUT2D eigenvalue weighted by Crippen LogP contribution is 2.16. The van der Waals surface area contributed by atoms with E-state index in [-0.39, 0.29) is 12.1 Å². The number of carbonyl (C=O) groups is 2. The molecule has 0 unspecified atom stereocenters. The minimum Gasteiger partial charge on any atom is -0.467 e. The van der Waals surface area contributed by atoms with E-state index in [1.54, 1.807) is 42.5 Å². The molecule has 0 spiro atoms. The quantitative estimate of drug-likeness (QED) is 0.479. The number of hydrogen-bond donors (Lipinski definition) is 2. The topological polar surface area (TPSA) is 104 Å². The van der Waals surface area contributed by atoms with Gasteiger partial charge in [-0.3, -0.25) is 4.79 Å². The van der Waals surface area contributed by atoms with E-state index in [1.807, 2.05) is 0 Å². The lowest BCUT2D eigenvalue weighted by Crippen LogP contribution is -2.24. The normalized spacial score (nSPS) is 10.6. The van der Waals surface area contributed by atoms with Crippen molar-refractivity contribution in [1.82, 2.24) is 5.32 Å². The first-order valence-electron chi connectivity index (χ1n) is 7.00. The largest absolute Gasteiger partial charge is 0.467 e. The molecule has 0 bridgehead atoms. The number of methoxy groups -OCH3 is 1. The number of ether oxygens (including phenoxy) is 1. The number of nitrogens with one attached hydrogen (secondary N) is 2. The molecule has 0 aliphatic heterocycles. The van der Waals surface area contributed by atoms with Crippen LogP contribution in [-0.2, 0) is 16.1 Å². The fourth-order valence-corrected chi connectivity index (χ4v) is 1.87. The molecule has 0 fully saturated rings.